The first kappa shape index (κ1) is 16.8. The van der Waals surface area contributed by atoms with Gasteiger partial charge in [-0.05, 0) is 30.2 Å². The number of halogens is 6. The molecule has 1 N–H and O–H groups in total. The molecule has 1 rings (SSSR count). The van der Waals surface area contributed by atoms with E-state index in [0.717, 1.165) is 0 Å². The van der Waals surface area contributed by atoms with Gasteiger partial charge in [-0.2, -0.15) is 31.4 Å². The van der Waals surface area contributed by atoms with Crippen molar-refractivity contribution in [2.75, 3.05) is 7.05 Å². The molecule has 0 bridgehead atoms. The van der Waals surface area contributed by atoms with Gasteiger partial charge in [0.1, 0.15) is 0 Å². The molecule has 0 aliphatic rings. The Morgan fingerprint density at radius 1 is 1.00 bits per heavy atom. The molecule has 0 heterocycles. The van der Waals surface area contributed by atoms with Crippen LogP contribution in [-0.2, 0) is 12.4 Å². The van der Waals surface area contributed by atoms with E-state index in [1.807, 2.05) is 0 Å². The molecule has 0 aliphatic carbocycles. The van der Waals surface area contributed by atoms with Crippen LogP contribution in [0.4, 0.5) is 26.3 Å². The number of benzene rings is 1. The normalized spacial score (nSPS) is 14.7. The second-order valence-electron chi connectivity index (χ2n) is 4.34. The number of nitrogens with zero attached hydrogens (tertiary/aromatic N) is 1. The van der Waals surface area contributed by atoms with E-state index in [4.69, 9.17) is 0 Å². The molecular formula is C12H13F6NO. The maximum Gasteiger partial charge on any atom is 0.416 e. The Balaban J connectivity index is 3.45. The third kappa shape index (κ3) is 3.86. The highest BCUT2D eigenvalue weighted by atomic mass is 19.4. The fourth-order valence-corrected chi connectivity index (χ4v) is 1.89. The lowest BCUT2D eigenvalue weighted by Gasteiger charge is -2.23. The summed E-state index contributed by atoms with van der Waals surface area (Å²) in [6, 6.07) is 0.359. The van der Waals surface area contributed by atoms with Gasteiger partial charge in [0.25, 0.3) is 0 Å². The highest BCUT2D eigenvalue weighted by molar-refractivity contribution is 5.35. The molecular weight excluding hydrogens is 288 g/mol. The Hall–Kier alpha value is -1.28. The summed E-state index contributed by atoms with van der Waals surface area (Å²) in [5.74, 6) is 0. The molecule has 0 aliphatic heterocycles. The Labute approximate surface area is 111 Å². The molecule has 1 aromatic carbocycles. The minimum Gasteiger partial charge on any atom is -0.314 e. The summed E-state index contributed by atoms with van der Waals surface area (Å²) in [5, 5.41) is 9.92. The van der Waals surface area contributed by atoms with Crippen molar-refractivity contribution in [3.05, 3.63) is 34.9 Å². The van der Waals surface area contributed by atoms with E-state index in [1.165, 1.54) is 7.05 Å². The quantitative estimate of drug-likeness (QED) is 0.656. The molecule has 1 atom stereocenters. The van der Waals surface area contributed by atoms with Crippen LogP contribution in [0.2, 0.25) is 0 Å². The molecule has 1 aromatic rings. The van der Waals surface area contributed by atoms with Gasteiger partial charge in [-0.1, -0.05) is 6.92 Å². The average molecular weight is 301 g/mol. The van der Waals surface area contributed by atoms with Gasteiger partial charge in [-0.15, -0.1) is 0 Å². The lowest BCUT2D eigenvalue weighted by atomic mass is 9.98. The SMILES string of the molecule is CCC(c1cc(C(F)(F)F)cc(C(F)(F)F)c1)N(C)O. The first-order valence-electron chi connectivity index (χ1n) is 5.68. The van der Waals surface area contributed by atoms with Crippen LogP contribution in [0.3, 0.4) is 0 Å². The molecule has 0 saturated carbocycles. The van der Waals surface area contributed by atoms with Gasteiger partial charge in [0, 0.05) is 7.05 Å². The molecule has 0 aromatic heterocycles. The van der Waals surface area contributed by atoms with E-state index in [0.29, 0.717) is 17.2 Å². The Morgan fingerprint density at radius 3 is 1.65 bits per heavy atom. The number of hydrogen-bond donors (Lipinski definition) is 1. The predicted octanol–water partition coefficient (Wildman–Crippen LogP) is 4.50. The molecule has 1 unspecified atom stereocenters. The van der Waals surface area contributed by atoms with Gasteiger partial charge in [0.15, 0.2) is 0 Å². The van der Waals surface area contributed by atoms with Gasteiger partial charge in [-0.25, -0.2) is 0 Å². The van der Waals surface area contributed by atoms with Crippen LogP contribution in [0.5, 0.6) is 0 Å². The van der Waals surface area contributed by atoms with E-state index in [1.54, 1.807) is 6.92 Å². The van der Waals surface area contributed by atoms with Gasteiger partial charge in [0.2, 0.25) is 0 Å². The Kier molecular flexibility index (Phi) is 4.70. The molecule has 20 heavy (non-hydrogen) atoms. The number of alkyl halides is 6. The zero-order chi connectivity index (χ0) is 15.7. The molecule has 0 saturated heterocycles. The first-order chi connectivity index (χ1) is 8.96. The zero-order valence-corrected chi connectivity index (χ0v) is 10.7. The molecule has 0 spiro atoms. The fraction of sp³-hybridized carbons (Fsp3) is 0.500. The van der Waals surface area contributed by atoms with E-state index in [9.17, 15) is 31.5 Å². The van der Waals surface area contributed by atoms with Crippen LogP contribution in [0.1, 0.15) is 36.1 Å². The van der Waals surface area contributed by atoms with Crippen LogP contribution in [-0.4, -0.2) is 17.3 Å². The summed E-state index contributed by atoms with van der Waals surface area (Å²) in [7, 11) is 1.17. The van der Waals surface area contributed by atoms with Gasteiger partial charge < -0.3 is 5.21 Å². The second kappa shape index (κ2) is 5.61. The minimum absolute atomic E-state index is 0.0631. The highest BCUT2D eigenvalue weighted by Crippen LogP contribution is 2.38. The van der Waals surface area contributed by atoms with Crippen molar-refractivity contribution in [2.24, 2.45) is 0 Å². The maximum absolute atomic E-state index is 12.7. The molecule has 0 amide bonds. The van der Waals surface area contributed by atoms with E-state index < -0.39 is 29.5 Å². The van der Waals surface area contributed by atoms with Crippen LogP contribution < -0.4 is 0 Å². The van der Waals surface area contributed by atoms with E-state index in [-0.39, 0.29) is 18.1 Å². The molecule has 2 nitrogen and oxygen atoms in total. The van der Waals surface area contributed by atoms with Crippen molar-refractivity contribution in [1.82, 2.24) is 5.06 Å². The van der Waals surface area contributed by atoms with E-state index >= 15 is 0 Å². The standard InChI is InChI=1S/C12H13F6NO/c1-3-10(19(2)20)7-4-8(11(13,14)15)6-9(5-7)12(16,17)18/h4-6,10,20H,3H2,1-2H3. The fourth-order valence-electron chi connectivity index (χ4n) is 1.89. The van der Waals surface area contributed by atoms with Crippen molar-refractivity contribution < 1.29 is 31.5 Å². The minimum atomic E-state index is -4.89. The number of hydrogen-bond acceptors (Lipinski definition) is 2. The molecule has 0 radical (unpaired) electrons. The number of hydroxylamine groups is 2. The summed E-state index contributed by atoms with van der Waals surface area (Å²) in [6.07, 6.45) is -9.61. The monoisotopic (exact) mass is 301 g/mol. The largest absolute Gasteiger partial charge is 0.416 e. The van der Waals surface area contributed by atoms with Crippen molar-refractivity contribution in [3.8, 4) is 0 Å². The first-order valence-corrected chi connectivity index (χ1v) is 5.68. The van der Waals surface area contributed by atoms with Crippen molar-refractivity contribution in [3.63, 3.8) is 0 Å². The van der Waals surface area contributed by atoms with E-state index in [2.05, 4.69) is 0 Å². The summed E-state index contributed by atoms with van der Waals surface area (Å²) in [4.78, 5) is 0. The highest BCUT2D eigenvalue weighted by Gasteiger charge is 2.37. The molecule has 0 fully saturated rings. The summed E-state index contributed by atoms with van der Waals surface area (Å²) in [5.41, 5.74) is -3.01. The van der Waals surface area contributed by atoms with Crippen molar-refractivity contribution in [1.29, 1.82) is 0 Å². The van der Waals surface area contributed by atoms with Crippen LogP contribution >= 0.6 is 0 Å². The van der Waals surface area contributed by atoms with Crippen molar-refractivity contribution in [2.45, 2.75) is 31.7 Å². The molecule has 114 valence electrons. The van der Waals surface area contributed by atoms with Gasteiger partial charge >= 0.3 is 12.4 Å². The number of rotatable bonds is 3. The lowest BCUT2D eigenvalue weighted by molar-refractivity contribution is -0.143. The van der Waals surface area contributed by atoms with Gasteiger partial charge in [-0.3, -0.25) is 0 Å². The van der Waals surface area contributed by atoms with Crippen LogP contribution in [0, 0.1) is 0 Å². The third-order valence-electron chi connectivity index (χ3n) is 2.83. The van der Waals surface area contributed by atoms with Crippen LogP contribution in [0.15, 0.2) is 18.2 Å². The average Bonchev–Trinajstić information content (AvgIpc) is 2.26. The summed E-state index contributed by atoms with van der Waals surface area (Å²) in [6.45, 7) is 1.55. The summed E-state index contributed by atoms with van der Waals surface area (Å²) >= 11 is 0. The predicted molar refractivity (Wildman–Crippen MR) is 59.0 cm³/mol. The Bertz CT molecular complexity index is 434. The second-order valence-corrected chi connectivity index (χ2v) is 4.34. The third-order valence-corrected chi connectivity index (χ3v) is 2.83. The Morgan fingerprint density at radius 2 is 1.40 bits per heavy atom. The smallest absolute Gasteiger partial charge is 0.314 e. The van der Waals surface area contributed by atoms with Gasteiger partial charge in [0.05, 0.1) is 17.2 Å². The summed E-state index contributed by atoms with van der Waals surface area (Å²) < 4.78 is 76.0. The van der Waals surface area contributed by atoms with Crippen LogP contribution in [0.25, 0.3) is 0 Å². The topological polar surface area (TPSA) is 23.5 Å². The lowest BCUT2D eigenvalue weighted by Crippen LogP contribution is -2.21. The van der Waals surface area contributed by atoms with Crippen molar-refractivity contribution >= 4 is 0 Å². The maximum atomic E-state index is 12.7. The molecule has 8 heteroatoms. The zero-order valence-electron chi connectivity index (χ0n) is 10.7.